The number of aliphatic carboxylic acids is 1. The van der Waals surface area contributed by atoms with Gasteiger partial charge in [-0.2, -0.15) is 0 Å². The monoisotopic (exact) mass is 203 g/mol. The number of rotatable bonds is 4. The van der Waals surface area contributed by atoms with Gasteiger partial charge in [0.1, 0.15) is 0 Å². The second kappa shape index (κ2) is 5.29. The Morgan fingerprint density at radius 3 is 2.93 bits per heavy atom. The fraction of sp³-hybridized carbons (Fsp3) is 0.889. The maximum atomic E-state index is 10.7. The standard InChI is InChI=1S/C9H17NO4/c1-6(11)5-14-8-2-7(9(12)13)3-10-4-8/h6-8,10-11H,2-5H2,1H3,(H,12,13). The van der Waals surface area contributed by atoms with Gasteiger partial charge in [0.25, 0.3) is 0 Å². The van der Waals surface area contributed by atoms with Crippen LogP contribution in [0, 0.1) is 5.92 Å². The maximum absolute atomic E-state index is 10.7. The lowest BCUT2D eigenvalue weighted by Gasteiger charge is -2.28. The summed E-state index contributed by atoms with van der Waals surface area (Å²) in [6.45, 7) is 3.07. The van der Waals surface area contributed by atoms with E-state index in [1.165, 1.54) is 0 Å². The van der Waals surface area contributed by atoms with Crippen LogP contribution in [-0.2, 0) is 9.53 Å². The second-order valence-corrected chi connectivity index (χ2v) is 3.73. The molecule has 0 aliphatic carbocycles. The molecule has 1 aliphatic heterocycles. The summed E-state index contributed by atoms with van der Waals surface area (Å²) in [5.41, 5.74) is 0. The SMILES string of the molecule is CC(O)COC1CNCC(C(=O)O)C1. The zero-order valence-electron chi connectivity index (χ0n) is 8.27. The lowest BCUT2D eigenvalue weighted by atomic mass is 9.98. The first-order valence-corrected chi connectivity index (χ1v) is 4.82. The molecule has 0 aromatic carbocycles. The molecule has 1 aliphatic rings. The molecule has 1 saturated heterocycles. The molecule has 1 rings (SSSR count). The van der Waals surface area contributed by atoms with Crippen molar-refractivity contribution >= 4 is 5.97 Å². The number of hydrogen-bond acceptors (Lipinski definition) is 4. The van der Waals surface area contributed by atoms with Gasteiger partial charge in [0.15, 0.2) is 0 Å². The van der Waals surface area contributed by atoms with Crippen LogP contribution in [0.3, 0.4) is 0 Å². The molecule has 0 aromatic rings. The van der Waals surface area contributed by atoms with Crippen LogP contribution in [0.5, 0.6) is 0 Å². The van der Waals surface area contributed by atoms with E-state index in [-0.39, 0.29) is 18.6 Å². The summed E-state index contributed by atoms with van der Waals surface area (Å²) in [6, 6.07) is 0. The highest BCUT2D eigenvalue weighted by molar-refractivity contribution is 5.70. The molecule has 0 aromatic heterocycles. The molecule has 3 N–H and O–H groups in total. The van der Waals surface area contributed by atoms with E-state index >= 15 is 0 Å². The Kier molecular flexibility index (Phi) is 4.31. The molecule has 5 nitrogen and oxygen atoms in total. The summed E-state index contributed by atoms with van der Waals surface area (Å²) in [7, 11) is 0. The number of hydrogen-bond donors (Lipinski definition) is 3. The highest BCUT2D eigenvalue weighted by Crippen LogP contribution is 2.13. The molecule has 1 heterocycles. The molecule has 14 heavy (non-hydrogen) atoms. The Hall–Kier alpha value is -0.650. The first-order valence-electron chi connectivity index (χ1n) is 4.82. The highest BCUT2D eigenvalue weighted by atomic mass is 16.5. The van der Waals surface area contributed by atoms with Crippen LogP contribution in [0.1, 0.15) is 13.3 Å². The predicted octanol–water partition coefficient (Wildman–Crippen LogP) is -0.553. The Balaban J connectivity index is 2.29. The van der Waals surface area contributed by atoms with Gasteiger partial charge in [-0.05, 0) is 13.3 Å². The molecule has 0 spiro atoms. The van der Waals surface area contributed by atoms with E-state index in [4.69, 9.17) is 14.9 Å². The van der Waals surface area contributed by atoms with Gasteiger partial charge in [-0.3, -0.25) is 4.79 Å². The van der Waals surface area contributed by atoms with Crippen molar-refractivity contribution in [2.75, 3.05) is 19.7 Å². The predicted molar refractivity (Wildman–Crippen MR) is 50.0 cm³/mol. The Morgan fingerprint density at radius 2 is 2.36 bits per heavy atom. The zero-order valence-corrected chi connectivity index (χ0v) is 8.27. The van der Waals surface area contributed by atoms with Crippen LogP contribution >= 0.6 is 0 Å². The van der Waals surface area contributed by atoms with Gasteiger partial charge < -0.3 is 20.3 Å². The molecule has 3 unspecified atom stereocenters. The fourth-order valence-corrected chi connectivity index (χ4v) is 1.49. The van der Waals surface area contributed by atoms with Crippen molar-refractivity contribution in [3.8, 4) is 0 Å². The van der Waals surface area contributed by atoms with Crippen molar-refractivity contribution in [3.63, 3.8) is 0 Å². The maximum Gasteiger partial charge on any atom is 0.307 e. The average Bonchev–Trinajstić information content (AvgIpc) is 2.15. The Morgan fingerprint density at radius 1 is 1.64 bits per heavy atom. The number of piperidine rings is 1. The summed E-state index contributed by atoms with van der Waals surface area (Å²) >= 11 is 0. The van der Waals surface area contributed by atoms with Crippen LogP contribution in [-0.4, -0.2) is 48.1 Å². The number of carbonyl (C=O) groups is 1. The van der Waals surface area contributed by atoms with Crippen LogP contribution in [0.4, 0.5) is 0 Å². The largest absolute Gasteiger partial charge is 0.481 e. The summed E-state index contributed by atoms with van der Waals surface area (Å²) in [6.07, 6.45) is -0.0747. The molecule has 0 bridgehead atoms. The van der Waals surface area contributed by atoms with E-state index in [0.29, 0.717) is 19.5 Å². The molecule has 1 fully saturated rings. The normalized spacial score (nSPS) is 29.9. The molecule has 82 valence electrons. The molecular weight excluding hydrogens is 186 g/mol. The van der Waals surface area contributed by atoms with Gasteiger partial charge in [0.2, 0.25) is 0 Å². The van der Waals surface area contributed by atoms with Crippen LogP contribution < -0.4 is 5.32 Å². The van der Waals surface area contributed by atoms with E-state index in [1.807, 2.05) is 0 Å². The third-order valence-electron chi connectivity index (χ3n) is 2.23. The topological polar surface area (TPSA) is 78.8 Å². The van der Waals surface area contributed by atoms with Gasteiger partial charge in [0, 0.05) is 13.1 Å². The third kappa shape index (κ3) is 3.61. The lowest BCUT2D eigenvalue weighted by molar-refractivity contribution is -0.144. The molecule has 3 atom stereocenters. The third-order valence-corrected chi connectivity index (χ3v) is 2.23. The summed E-state index contributed by atoms with van der Waals surface area (Å²) in [4.78, 5) is 10.7. The molecule has 0 radical (unpaired) electrons. The number of carboxylic acids is 1. The summed E-state index contributed by atoms with van der Waals surface area (Å²) < 4.78 is 5.35. The van der Waals surface area contributed by atoms with Crippen molar-refractivity contribution in [1.29, 1.82) is 0 Å². The van der Waals surface area contributed by atoms with Crippen molar-refractivity contribution in [2.45, 2.75) is 25.6 Å². The van der Waals surface area contributed by atoms with E-state index in [2.05, 4.69) is 5.32 Å². The number of ether oxygens (including phenoxy) is 1. The smallest absolute Gasteiger partial charge is 0.307 e. The van der Waals surface area contributed by atoms with Crippen molar-refractivity contribution in [1.82, 2.24) is 5.32 Å². The first-order chi connectivity index (χ1) is 6.59. The fourth-order valence-electron chi connectivity index (χ4n) is 1.49. The van der Waals surface area contributed by atoms with Gasteiger partial charge in [-0.1, -0.05) is 0 Å². The number of nitrogens with one attached hydrogen (secondary N) is 1. The molecular formula is C9H17NO4. The van der Waals surface area contributed by atoms with Gasteiger partial charge in [0.05, 0.1) is 24.7 Å². The molecule has 5 heteroatoms. The zero-order chi connectivity index (χ0) is 10.6. The Bertz CT molecular complexity index is 195. The second-order valence-electron chi connectivity index (χ2n) is 3.73. The number of carboxylic acid groups (broad SMARTS) is 1. The summed E-state index contributed by atoms with van der Waals surface area (Å²) in [5, 5.41) is 20.8. The minimum absolute atomic E-state index is 0.0977. The number of aliphatic hydroxyl groups excluding tert-OH is 1. The van der Waals surface area contributed by atoms with Crippen LogP contribution in [0.2, 0.25) is 0 Å². The van der Waals surface area contributed by atoms with Gasteiger partial charge >= 0.3 is 5.97 Å². The van der Waals surface area contributed by atoms with E-state index < -0.39 is 12.1 Å². The molecule has 0 saturated carbocycles. The highest BCUT2D eigenvalue weighted by Gasteiger charge is 2.27. The van der Waals surface area contributed by atoms with Crippen molar-refractivity contribution in [2.24, 2.45) is 5.92 Å². The van der Waals surface area contributed by atoms with Crippen LogP contribution in [0.15, 0.2) is 0 Å². The summed E-state index contributed by atoms with van der Waals surface area (Å²) in [5.74, 6) is -1.16. The quantitative estimate of drug-likeness (QED) is 0.571. The van der Waals surface area contributed by atoms with Gasteiger partial charge in [-0.25, -0.2) is 0 Å². The van der Waals surface area contributed by atoms with E-state index in [9.17, 15) is 4.79 Å². The van der Waals surface area contributed by atoms with Crippen molar-refractivity contribution in [3.05, 3.63) is 0 Å². The average molecular weight is 203 g/mol. The van der Waals surface area contributed by atoms with Crippen LogP contribution in [0.25, 0.3) is 0 Å². The van der Waals surface area contributed by atoms with Gasteiger partial charge in [-0.15, -0.1) is 0 Å². The first kappa shape index (κ1) is 11.4. The minimum Gasteiger partial charge on any atom is -0.481 e. The number of aliphatic hydroxyl groups is 1. The minimum atomic E-state index is -0.789. The lowest BCUT2D eigenvalue weighted by Crippen LogP contribution is -2.44. The van der Waals surface area contributed by atoms with E-state index in [1.54, 1.807) is 6.92 Å². The van der Waals surface area contributed by atoms with E-state index in [0.717, 1.165) is 0 Å². The Labute approximate surface area is 83.1 Å². The van der Waals surface area contributed by atoms with Crippen molar-refractivity contribution < 1.29 is 19.7 Å². The molecule has 0 amide bonds.